The van der Waals surface area contributed by atoms with Crippen LogP contribution in [0.4, 0.5) is 0 Å². The first-order valence-corrected chi connectivity index (χ1v) is 8.93. The van der Waals surface area contributed by atoms with Crippen LogP contribution >= 0.6 is 0 Å². The molecule has 1 atom stereocenters. The topological polar surface area (TPSA) is 49.7 Å². The first-order valence-electron chi connectivity index (χ1n) is 8.93. The van der Waals surface area contributed by atoms with Crippen LogP contribution in [0.3, 0.4) is 0 Å². The number of nitrogens with zero attached hydrogens (tertiary/aromatic N) is 1. The molecule has 0 aliphatic heterocycles. The minimum Gasteiger partial charge on any atom is -0.480 e. The molecule has 24 heavy (non-hydrogen) atoms. The van der Waals surface area contributed by atoms with Crippen LogP contribution in [-0.4, -0.2) is 22.8 Å². The number of hydrogen-bond acceptors (Lipinski definition) is 2. The molecular weight excluding hydrogens is 298 g/mol. The molecule has 0 aromatic rings. The van der Waals surface area contributed by atoms with Crippen LogP contribution in [0, 0.1) is 5.41 Å². The van der Waals surface area contributed by atoms with E-state index < -0.39 is 12.0 Å². The summed E-state index contributed by atoms with van der Waals surface area (Å²) in [5.41, 5.74) is 5.64. The van der Waals surface area contributed by atoms with Crippen molar-refractivity contribution in [2.45, 2.75) is 79.7 Å². The highest BCUT2D eigenvalue weighted by molar-refractivity contribution is 5.94. The van der Waals surface area contributed by atoms with Crippen molar-refractivity contribution in [3.05, 3.63) is 34.9 Å². The lowest BCUT2D eigenvalue weighted by Gasteiger charge is -2.34. The lowest BCUT2D eigenvalue weighted by atomic mass is 9.71. The third kappa shape index (κ3) is 6.46. The van der Waals surface area contributed by atoms with E-state index in [2.05, 4.69) is 38.8 Å². The molecule has 3 nitrogen and oxygen atoms in total. The maximum absolute atomic E-state index is 10.8. The second kappa shape index (κ2) is 9.00. The summed E-state index contributed by atoms with van der Waals surface area (Å²) in [5, 5.41) is 8.85. The summed E-state index contributed by atoms with van der Waals surface area (Å²) in [6, 6.07) is -0.692. The minimum absolute atomic E-state index is 0.342. The van der Waals surface area contributed by atoms with Crippen molar-refractivity contribution < 1.29 is 9.90 Å². The first-order chi connectivity index (χ1) is 11.1. The van der Waals surface area contributed by atoms with Gasteiger partial charge in [-0.05, 0) is 71.3 Å². The zero-order valence-corrected chi connectivity index (χ0v) is 16.1. The van der Waals surface area contributed by atoms with E-state index in [1.165, 1.54) is 24.8 Å². The molecule has 0 aromatic heterocycles. The van der Waals surface area contributed by atoms with Crippen molar-refractivity contribution in [2.75, 3.05) is 0 Å². The molecule has 0 saturated heterocycles. The molecule has 0 fully saturated rings. The average Bonchev–Trinajstić information content (AvgIpc) is 2.45. The summed E-state index contributed by atoms with van der Waals surface area (Å²) in [7, 11) is 0. The van der Waals surface area contributed by atoms with E-state index in [0.29, 0.717) is 5.41 Å². The monoisotopic (exact) mass is 331 g/mol. The van der Waals surface area contributed by atoms with Crippen LogP contribution in [0.2, 0.25) is 0 Å². The van der Waals surface area contributed by atoms with Crippen LogP contribution in [-0.2, 0) is 4.79 Å². The number of allylic oxidation sites excluding steroid dienone is 6. The fourth-order valence-electron chi connectivity index (χ4n) is 3.39. The van der Waals surface area contributed by atoms with Gasteiger partial charge in [0.1, 0.15) is 6.04 Å². The fourth-order valence-corrected chi connectivity index (χ4v) is 3.39. The van der Waals surface area contributed by atoms with Gasteiger partial charge in [-0.2, -0.15) is 0 Å². The Balaban J connectivity index is 2.62. The SMILES string of the molecule is CC(/C=C/C=C(\C)CCC1=C(C)CCCC1(C)C)=N[C@@H](C)C(=O)O. The molecule has 3 heteroatoms. The first kappa shape index (κ1) is 20.4. The van der Waals surface area contributed by atoms with Crippen LogP contribution in [0.15, 0.2) is 39.9 Å². The molecule has 1 rings (SSSR count). The van der Waals surface area contributed by atoms with Crippen molar-refractivity contribution in [1.29, 1.82) is 0 Å². The number of hydrogen-bond donors (Lipinski definition) is 1. The largest absolute Gasteiger partial charge is 0.480 e. The van der Waals surface area contributed by atoms with Gasteiger partial charge < -0.3 is 5.11 Å². The Kier molecular flexibility index (Phi) is 7.65. The molecule has 0 bridgehead atoms. The summed E-state index contributed by atoms with van der Waals surface area (Å²) in [6.07, 6.45) is 12.0. The van der Waals surface area contributed by atoms with E-state index in [-0.39, 0.29) is 0 Å². The summed E-state index contributed by atoms with van der Waals surface area (Å²) >= 11 is 0. The number of aliphatic carboxylic acids is 1. The van der Waals surface area contributed by atoms with Gasteiger partial charge in [-0.25, -0.2) is 4.79 Å². The van der Waals surface area contributed by atoms with E-state index in [9.17, 15) is 4.79 Å². The summed E-state index contributed by atoms with van der Waals surface area (Å²) in [6.45, 7) is 12.6. The molecule has 1 aliphatic carbocycles. The number of rotatable bonds is 7. The van der Waals surface area contributed by atoms with Gasteiger partial charge in [-0.1, -0.05) is 42.7 Å². The number of aliphatic imine (C=N–C) groups is 1. The molecular formula is C21H33NO2. The molecule has 0 aromatic carbocycles. The normalized spacial score (nSPS) is 20.6. The molecule has 1 aliphatic rings. The fraction of sp³-hybridized carbons (Fsp3) is 0.619. The van der Waals surface area contributed by atoms with E-state index in [4.69, 9.17) is 5.11 Å². The smallest absolute Gasteiger partial charge is 0.328 e. The van der Waals surface area contributed by atoms with Gasteiger partial charge in [0.15, 0.2) is 0 Å². The Hall–Kier alpha value is -1.64. The zero-order valence-electron chi connectivity index (χ0n) is 16.1. The number of carboxylic acid groups (broad SMARTS) is 1. The molecule has 0 unspecified atom stereocenters. The summed E-state index contributed by atoms with van der Waals surface area (Å²) < 4.78 is 0. The third-order valence-corrected chi connectivity index (χ3v) is 4.93. The van der Waals surface area contributed by atoms with E-state index in [0.717, 1.165) is 18.6 Å². The predicted octanol–water partition coefficient (Wildman–Crippen LogP) is 5.73. The van der Waals surface area contributed by atoms with Gasteiger partial charge in [0.25, 0.3) is 0 Å². The van der Waals surface area contributed by atoms with E-state index in [1.807, 2.05) is 19.1 Å². The molecule has 0 radical (unpaired) electrons. The highest BCUT2D eigenvalue weighted by Crippen LogP contribution is 2.42. The van der Waals surface area contributed by atoms with Gasteiger partial charge in [-0.3, -0.25) is 4.99 Å². The Labute approximate surface area is 147 Å². The van der Waals surface area contributed by atoms with Crippen molar-refractivity contribution in [3.8, 4) is 0 Å². The summed E-state index contributed by atoms with van der Waals surface area (Å²) in [5.74, 6) is -0.895. The average molecular weight is 332 g/mol. The lowest BCUT2D eigenvalue weighted by Crippen LogP contribution is -2.20. The summed E-state index contributed by atoms with van der Waals surface area (Å²) in [4.78, 5) is 14.9. The quantitative estimate of drug-likeness (QED) is 0.368. The van der Waals surface area contributed by atoms with E-state index >= 15 is 0 Å². The van der Waals surface area contributed by atoms with Crippen LogP contribution in [0.1, 0.15) is 73.6 Å². The third-order valence-electron chi connectivity index (χ3n) is 4.93. The van der Waals surface area contributed by atoms with E-state index in [1.54, 1.807) is 18.1 Å². The van der Waals surface area contributed by atoms with Crippen molar-refractivity contribution >= 4 is 11.7 Å². The van der Waals surface area contributed by atoms with Gasteiger partial charge in [0, 0.05) is 5.71 Å². The minimum atomic E-state index is -0.895. The second-order valence-electron chi connectivity index (χ2n) is 7.65. The Morgan fingerprint density at radius 3 is 2.62 bits per heavy atom. The van der Waals surface area contributed by atoms with Crippen molar-refractivity contribution in [2.24, 2.45) is 10.4 Å². The standard InChI is InChI=1S/C21H33NO2/c1-15(9-7-11-17(3)22-18(4)20(23)24)12-13-19-16(2)10-8-14-21(19,5)6/h7,9,11,18H,8,10,12-14H2,1-6H3,(H,23,24)/b11-7+,15-9+,22-17?/t18-/m0/s1. The second-order valence-corrected chi connectivity index (χ2v) is 7.65. The Morgan fingerprint density at radius 1 is 1.38 bits per heavy atom. The predicted molar refractivity (Wildman–Crippen MR) is 103 cm³/mol. The number of carboxylic acids is 1. The van der Waals surface area contributed by atoms with Gasteiger partial charge in [-0.15, -0.1) is 0 Å². The molecule has 0 saturated carbocycles. The molecule has 134 valence electrons. The van der Waals surface area contributed by atoms with Gasteiger partial charge in [0.2, 0.25) is 0 Å². The molecule has 0 amide bonds. The van der Waals surface area contributed by atoms with Crippen LogP contribution in [0.25, 0.3) is 0 Å². The Morgan fingerprint density at radius 2 is 2.04 bits per heavy atom. The van der Waals surface area contributed by atoms with Crippen molar-refractivity contribution in [1.82, 2.24) is 0 Å². The number of carbonyl (C=O) groups is 1. The highest BCUT2D eigenvalue weighted by atomic mass is 16.4. The lowest BCUT2D eigenvalue weighted by molar-refractivity contribution is -0.137. The van der Waals surface area contributed by atoms with Gasteiger partial charge in [0.05, 0.1) is 0 Å². The molecule has 0 heterocycles. The maximum atomic E-state index is 10.8. The van der Waals surface area contributed by atoms with Gasteiger partial charge >= 0.3 is 5.97 Å². The van der Waals surface area contributed by atoms with Crippen LogP contribution < -0.4 is 0 Å². The maximum Gasteiger partial charge on any atom is 0.328 e. The zero-order chi connectivity index (χ0) is 18.3. The Bertz CT molecular complexity index is 577. The molecule has 1 N–H and O–H groups in total. The highest BCUT2D eigenvalue weighted by Gasteiger charge is 2.27. The molecule has 0 spiro atoms. The van der Waals surface area contributed by atoms with Crippen LogP contribution in [0.5, 0.6) is 0 Å². The van der Waals surface area contributed by atoms with Crippen molar-refractivity contribution in [3.63, 3.8) is 0 Å².